The molecule has 0 fully saturated rings. The van der Waals surface area contributed by atoms with Gasteiger partial charge in [0.2, 0.25) is 0 Å². The fourth-order valence-corrected chi connectivity index (χ4v) is 1.89. The minimum Gasteiger partial charge on any atom is -0.463 e. The smallest absolute Gasteiger partial charge is 0.271 e. The van der Waals surface area contributed by atoms with E-state index in [1.54, 1.807) is 6.07 Å². The zero-order valence-corrected chi connectivity index (χ0v) is 8.52. The highest BCUT2D eigenvalue weighted by molar-refractivity contribution is 14.1. The van der Waals surface area contributed by atoms with Crippen molar-refractivity contribution in [2.24, 2.45) is 0 Å². The summed E-state index contributed by atoms with van der Waals surface area (Å²) < 4.78 is 5.91. The normalized spacial score (nSPS) is 10.5. The Bertz CT molecular complexity index is 477. The minimum absolute atomic E-state index is 0.0956. The van der Waals surface area contributed by atoms with E-state index in [1.807, 2.05) is 22.6 Å². The molecule has 0 spiro atoms. The lowest BCUT2D eigenvalue weighted by Gasteiger charge is -1.93. The largest absolute Gasteiger partial charge is 0.463 e. The van der Waals surface area contributed by atoms with Gasteiger partial charge in [-0.05, 0) is 28.7 Å². The van der Waals surface area contributed by atoms with Crippen molar-refractivity contribution < 1.29 is 9.34 Å². The molecule has 2 rings (SSSR count). The summed E-state index contributed by atoms with van der Waals surface area (Å²) in [5.41, 5.74) is 0.796. The van der Waals surface area contributed by atoms with E-state index in [1.165, 1.54) is 18.4 Å². The van der Waals surface area contributed by atoms with E-state index in [4.69, 9.17) is 4.42 Å². The van der Waals surface area contributed by atoms with Crippen molar-refractivity contribution in [1.29, 1.82) is 0 Å². The van der Waals surface area contributed by atoms with Gasteiger partial charge in [-0.1, -0.05) is 0 Å². The molecule has 4 nitrogen and oxygen atoms in total. The Labute approximate surface area is 86.8 Å². The van der Waals surface area contributed by atoms with E-state index in [-0.39, 0.29) is 5.69 Å². The highest BCUT2D eigenvalue weighted by Crippen LogP contribution is 2.27. The Morgan fingerprint density at radius 3 is 2.92 bits per heavy atom. The van der Waals surface area contributed by atoms with E-state index in [0.717, 1.165) is 8.96 Å². The van der Waals surface area contributed by atoms with Gasteiger partial charge in [-0.15, -0.1) is 0 Å². The molecule has 0 aliphatic carbocycles. The summed E-state index contributed by atoms with van der Waals surface area (Å²) in [6.07, 6.45) is 1.52. The van der Waals surface area contributed by atoms with Crippen molar-refractivity contribution in [3.63, 3.8) is 0 Å². The van der Waals surface area contributed by atoms with Gasteiger partial charge in [-0.25, -0.2) is 0 Å². The molecule has 0 unspecified atom stereocenters. The highest BCUT2D eigenvalue weighted by atomic mass is 127. The van der Waals surface area contributed by atoms with Crippen LogP contribution in [0.2, 0.25) is 0 Å². The van der Waals surface area contributed by atoms with Gasteiger partial charge in [0, 0.05) is 17.5 Å². The predicted molar refractivity (Wildman–Crippen MR) is 55.6 cm³/mol. The maximum atomic E-state index is 10.5. The zero-order valence-electron chi connectivity index (χ0n) is 6.36. The molecule has 0 radical (unpaired) electrons. The summed E-state index contributed by atoms with van der Waals surface area (Å²) in [5.74, 6) is 0. The molecule has 0 saturated heterocycles. The summed E-state index contributed by atoms with van der Waals surface area (Å²) in [6, 6.07) is 4.71. The van der Waals surface area contributed by atoms with Crippen molar-refractivity contribution in [2.75, 3.05) is 0 Å². The van der Waals surface area contributed by atoms with Gasteiger partial charge in [0.15, 0.2) is 0 Å². The summed E-state index contributed by atoms with van der Waals surface area (Å²) in [4.78, 5) is 10.1. The molecule has 1 heterocycles. The number of furan rings is 1. The van der Waals surface area contributed by atoms with Crippen molar-refractivity contribution in [2.45, 2.75) is 0 Å². The molecule has 1 aromatic heterocycles. The average molecular weight is 289 g/mol. The van der Waals surface area contributed by atoms with Crippen LogP contribution in [-0.4, -0.2) is 4.92 Å². The van der Waals surface area contributed by atoms with Crippen LogP contribution in [0.25, 0.3) is 11.0 Å². The molecular formula is C8H4INO3. The number of nitro groups is 1. The lowest BCUT2D eigenvalue weighted by Crippen LogP contribution is -1.88. The second kappa shape index (κ2) is 2.99. The van der Waals surface area contributed by atoms with Crippen LogP contribution < -0.4 is 0 Å². The molecular weight excluding hydrogens is 285 g/mol. The van der Waals surface area contributed by atoms with Crippen molar-refractivity contribution >= 4 is 39.2 Å². The van der Waals surface area contributed by atoms with E-state index in [9.17, 15) is 10.1 Å². The Morgan fingerprint density at radius 2 is 2.23 bits per heavy atom. The first kappa shape index (κ1) is 8.49. The average Bonchev–Trinajstić information content (AvgIpc) is 2.51. The van der Waals surface area contributed by atoms with Gasteiger partial charge in [-0.3, -0.25) is 10.1 Å². The van der Waals surface area contributed by atoms with Gasteiger partial charge in [0.1, 0.15) is 5.58 Å². The van der Waals surface area contributed by atoms with Crippen LogP contribution in [-0.2, 0) is 0 Å². The van der Waals surface area contributed by atoms with Crippen LogP contribution >= 0.6 is 22.6 Å². The number of hydrogen-bond donors (Lipinski definition) is 0. The Balaban J connectivity index is 2.77. The summed E-state index contributed by atoms with van der Waals surface area (Å²) in [7, 11) is 0. The van der Waals surface area contributed by atoms with E-state index in [0.29, 0.717) is 5.58 Å². The molecule has 0 aliphatic rings. The fraction of sp³-hybridized carbons (Fsp3) is 0. The number of nitro benzene ring substituents is 1. The van der Waals surface area contributed by atoms with Gasteiger partial charge in [0.05, 0.1) is 14.8 Å². The molecule has 5 heteroatoms. The topological polar surface area (TPSA) is 56.3 Å². The predicted octanol–water partition coefficient (Wildman–Crippen LogP) is 2.95. The van der Waals surface area contributed by atoms with Crippen LogP contribution in [0.4, 0.5) is 5.69 Å². The lowest BCUT2D eigenvalue weighted by molar-refractivity contribution is -0.384. The lowest BCUT2D eigenvalue weighted by atomic mass is 10.2. The number of nitrogens with zero attached hydrogens (tertiary/aromatic N) is 1. The van der Waals surface area contributed by atoms with E-state index < -0.39 is 4.92 Å². The minimum atomic E-state index is -0.408. The Morgan fingerprint density at radius 1 is 1.46 bits per heavy atom. The van der Waals surface area contributed by atoms with Crippen molar-refractivity contribution in [3.05, 3.63) is 38.1 Å². The molecule has 1 aromatic carbocycles. The first-order valence-electron chi connectivity index (χ1n) is 3.49. The first-order valence-corrected chi connectivity index (χ1v) is 4.57. The van der Waals surface area contributed by atoms with E-state index in [2.05, 4.69) is 0 Å². The van der Waals surface area contributed by atoms with Crippen LogP contribution in [0, 0.1) is 13.7 Å². The summed E-state index contributed by atoms with van der Waals surface area (Å²) >= 11 is 2.02. The molecule has 0 saturated carbocycles. The monoisotopic (exact) mass is 289 g/mol. The molecule has 0 aliphatic heterocycles. The number of hydrogen-bond acceptors (Lipinski definition) is 3. The molecule has 0 amide bonds. The molecule has 13 heavy (non-hydrogen) atoms. The van der Waals surface area contributed by atoms with Gasteiger partial charge in [0.25, 0.3) is 5.69 Å². The van der Waals surface area contributed by atoms with Crippen molar-refractivity contribution in [3.8, 4) is 0 Å². The standard InChI is InChI=1S/C8H4INO3/c9-7-4-6(10(11)12)3-5-1-2-13-8(5)7/h1-4H. The van der Waals surface area contributed by atoms with Crippen LogP contribution in [0.15, 0.2) is 28.9 Å². The Hall–Kier alpha value is -1.11. The number of non-ortho nitro benzene ring substituents is 1. The molecule has 66 valence electrons. The SMILES string of the molecule is O=[N+]([O-])c1cc(I)c2occc2c1. The second-order valence-corrected chi connectivity index (χ2v) is 3.69. The summed E-state index contributed by atoms with van der Waals surface area (Å²) in [5, 5.41) is 11.3. The second-order valence-electron chi connectivity index (χ2n) is 2.52. The van der Waals surface area contributed by atoms with Gasteiger partial charge >= 0.3 is 0 Å². The van der Waals surface area contributed by atoms with Crippen LogP contribution in [0.1, 0.15) is 0 Å². The summed E-state index contributed by atoms with van der Waals surface area (Å²) in [6.45, 7) is 0. The van der Waals surface area contributed by atoms with Crippen molar-refractivity contribution in [1.82, 2.24) is 0 Å². The Kier molecular flexibility index (Phi) is 1.95. The van der Waals surface area contributed by atoms with Gasteiger partial charge < -0.3 is 4.42 Å². The number of halogens is 1. The maximum absolute atomic E-state index is 10.5. The third-order valence-electron chi connectivity index (χ3n) is 1.70. The maximum Gasteiger partial charge on any atom is 0.271 e. The number of benzene rings is 1. The van der Waals surface area contributed by atoms with Gasteiger partial charge in [-0.2, -0.15) is 0 Å². The molecule has 0 N–H and O–H groups in total. The molecule has 0 atom stereocenters. The fourth-order valence-electron chi connectivity index (χ4n) is 1.13. The number of fused-ring (bicyclic) bond motifs is 1. The quantitative estimate of drug-likeness (QED) is 0.460. The highest BCUT2D eigenvalue weighted by Gasteiger charge is 2.11. The number of rotatable bonds is 1. The third kappa shape index (κ3) is 1.39. The van der Waals surface area contributed by atoms with Crippen LogP contribution in [0.5, 0.6) is 0 Å². The zero-order chi connectivity index (χ0) is 9.42. The first-order chi connectivity index (χ1) is 6.18. The van der Waals surface area contributed by atoms with Crippen LogP contribution in [0.3, 0.4) is 0 Å². The third-order valence-corrected chi connectivity index (χ3v) is 2.50. The molecule has 2 aromatic rings. The van der Waals surface area contributed by atoms with E-state index >= 15 is 0 Å². The molecule has 0 bridgehead atoms.